The van der Waals surface area contributed by atoms with E-state index in [1.54, 1.807) is 16.7 Å². The van der Waals surface area contributed by atoms with E-state index in [4.69, 9.17) is 0 Å². The fourth-order valence-electron chi connectivity index (χ4n) is 3.80. The molecule has 0 unspecified atom stereocenters. The molecule has 2 amide bonds. The number of carbonyl (C=O) groups is 2. The summed E-state index contributed by atoms with van der Waals surface area (Å²) in [6, 6.07) is 15.3. The van der Waals surface area contributed by atoms with Gasteiger partial charge in [0.2, 0.25) is 5.91 Å². The second kappa shape index (κ2) is 6.16. The highest BCUT2D eigenvalue weighted by atomic mass is 32.2. The predicted molar refractivity (Wildman–Crippen MR) is 104 cm³/mol. The van der Waals surface area contributed by atoms with Crippen LogP contribution in [-0.4, -0.2) is 27.5 Å². The molecule has 1 N–H and O–H groups in total. The summed E-state index contributed by atoms with van der Waals surface area (Å²) in [5.74, 6) is -0.133. The van der Waals surface area contributed by atoms with Crippen LogP contribution in [0.1, 0.15) is 46.3 Å². The molecule has 0 spiro atoms. The molecule has 134 valence electrons. The molecule has 4 nitrogen and oxygen atoms in total. The Labute approximate surface area is 158 Å². The lowest BCUT2D eigenvalue weighted by molar-refractivity contribution is -0.126. The zero-order chi connectivity index (χ0) is 18.5. The van der Waals surface area contributed by atoms with Gasteiger partial charge in [-0.25, -0.2) is 0 Å². The van der Waals surface area contributed by atoms with Crippen LogP contribution in [0.3, 0.4) is 0 Å². The van der Waals surface area contributed by atoms with Gasteiger partial charge in [0.25, 0.3) is 5.91 Å². The van der Waals surface area contributed by atoms with Crippen LogP contribution in [0, 0.1) is 6.92 Å². The maximum atomic E-state index is 13.0. The molecular formula is C21H22N2O2S. The molecule has 5 heteroatoms. The quantitative estimate of drug-likeness (QED) is 0.902. The highest BCUT2D eigenvalue weighted by molar-refractivity contribution is 8.01. The molecule has 2 aliphatic rings. The zero-order valence-corrected chi connectivity index (χ0v) is 16.0. The normalized spacial score (nSPS) is 22.9. The van der Waals surface area contributed by atoms with Gasteiger partial charge in [0, 0.05) is 16.9 Å². The highest BCUT2D eigenvalue weighted by Gasteiger charge is 2.57. The number of hydrogen-bond donors (Lipinski definition) is 1. The summed E-state index contributed by atoms with van der Waals surface area (Å²) in [5.41, 5.74) is 3.98. The minimum Gasteiger partial charge on any atom is -0.350 e. The summed E-state index contributed by atoms with van der Waals surface area (Å²) >= 11 is 1.69. The summed E-state index contributed by atoms with van der Waals surface area (Å²) < 4.78 is -0.342. The lowest BCUT2D eigenvalue weighted by Crippen LogP contribution is -2.52. The van der Waals surface area contributed by atoms with Crippen molar-refractivity contribution in [2.75, 3.05) is 0 Å². The molecular weight excluding hydrogens is 344 g/mol. The maximum Gasteiger partial charge on any atom is 0.256 e. The molecule has 0 saturated carbocycles. The van der Waals surface area contributed by atoms with E-state index < -0.39 is 6.04 Å². The van der Waals surface area contributed by atoms with Crippen LogP contribution >= 0.6 is 11.8 Å². The number of fused-ring (bicyclic) bond motifs is 3. The Balaban J connectivity index is 1.56. The van der Waals surface area contributed by atoms with Crippen LogP contribution in [0.25, 0.3) is 0 Å². The number of aryl methyl sites for hydroxylation is 1. The lowest BCUT2D eigenvalue weighted by Gasteiger charge is -2.29. The first-order valence-electron chi connectivity index (χ1n) is 8.81. The SMILES string of the molecule is Cc1ccc(CNC(=O)[C@H]2N3C(=O)c4ccccc4[C@@H]3SC2(C)C)cc1. The van der Waals surface area contributed by atoms with E-state index in [-0.39, 0.29) is 21.9 Å². The Morgan fingerprint density at radius 1 is 1.15 bits per heavy atom. The Bertz CT molecular complexity index is 876. The number of rotatable bonds is 3. The van der Waals surface area contributed by atoms with E-state index >= 15 is 0 Å². The summed E-state index contributed by atoms with van der Waals surface area (Å²) in [6.07, 6.45) is 0. The second-order valence-electron chi connectivity index (χ2n) is 7.48. The van der Waals surface area contributed by atoms with Crippen LogP contribution in [0.5, 0.6) is 0 Å². The summed E-state index contributed by atoms with van der Waals surface area (Å²) in [4.78, 5) is 27.7. The number of nitrogens with zero attached hydrogens (tertiary/aromatic N) is 1. The van der Waals surface area contributed by atoms with Crippen LogP contribution < -0.4 is 5.32 Å². The van der Waals surface area contributed by atoms with Crippen molar-refractivity contribution >= 4 is 23.6 Å². The summed E-state index contributed by atoms with van der Waals surface area (Å²) in [7, 11) is 0. The van der Waals surface area contributed by atoms with Crippen molar-refractivity contribution in [2.24, 2.45) is 0 Å². The van der Waals surface area contributed by atoms with Gasteiger partial charge in [0.1, 0.15) is 11.4 Å². The van der Waals surface area contributed by atoms with Crippen molar-refractivity contribution in [2.45, 2.75) is 43.5 Å². The third-order valence-electron chi connectivity index (χ3n) is 5.13. The second-order valence-corrected chi connectivity index (χ2v) is 9.21. The number of nitrogens with one attached hydrogen (secondary N) is 1. The Morgan fingerprint density at radius 2 is 1.85 bits per heavy atom. The van der Waals surface area contributed by atoms with Crippen molar-refractivity contribution < 1.29 is 9.59 Å². The third kappa shape index (κ3) is 2.71. The Kier molecular flexibility index (Phi) is 4.07. The highest BCUT2D eigenvalue weighted by Crippen LogP contribution is 2.56. The van der Waals surface area contributed by atoms with Gasteiger partial charge in [-0.15, -0.1) is 11.8 Å². The fraction of sp³-hybridized carbons (Fsp3) is 0.333. The van der Waals surface area contributed by atoms with Gasteiger partial charge in [0.15, 0.2) is 0 Å². The largest absolute Gasteiger partial charge is 0.350 e. The molecule has 0 radical (unpaired) electrons. The van der Waals surface area contributed by atoms with E-state index in [1.165, 1.54) is 5.56 Å². The molecule has 2 aliphatic heterocycles. The number of benzene rings is 2. The first kappa shape index (κ1) is 17.2. The number of thioether (sulfide) groups is 1. The monoisotopic (exact) mass is 366 g/mol. The summed E-state index contributed by atoms with van der Waals surface area (Å²) in [5, 5.41) is 2.95. The third-order valence-corrected chi connectivity index (χ3v) is 6.67. The van der Waals surface area contributed by atoms with Gasteiger partial charge in [-0.1, -0.05) is 48.0 Å². The van der Waals surface area contributed by atoms with Gasteiger partial charge >= 0.3 is 0 Å². The first-order valence-corrected chi connectivity index (χ1v) is 9.69. The molecule has 4 rings (SSSR count). The molecule has 2 aromatic carbocycles. The van der Waals surface area contributed by atoms with Crippen LogP contribution in [0.2, 0.25) is 0 Å². The molecule has 0 aliphatic carbocycles. The summed E-state index contributed by atoms with van der Waals surface area (Å²) in [6.45, 7) is 6.59. The van der Waals surface area contributed by atoms with Crippen LogP contribution in [0.4, 0.5) is 0 Å². The minimum absolute atomic E-state index is 0.0424. The minimum atomic E-state index is -0.483. The molecule has 0 bridgehead atoms. The Morgan fingerprint density at radius 3 is 2.58 bits per heavy atom. The Hall–Kier alpha value is -2.27. The first-order chi connectivity index (χ1) is 12.4. The van der Waals surface area contributed by atoms with E-state index in [9.17, 15) is 9.59 Å². The van der Waals surface area contributed by atoms with Crippen LogP contribution in [-0.2, 0) is 11.3 Å². The zero-order valence-electron chi connectivity index (χ0n) is 15.2. The maximum absolute atomic E-state index is 13.0. The molecule has 1 fully saturated rings. The van der Waals surface area contributed by atoms with E-state index in [0.29, 0.717) is 6.54 Å². The van der Waals surface area contributed by atoms with Gasteiger partial charge < -0.3 is 10.2 Å². The topological polar surface area (TPSA) is 49.4 Å². The fourth-order valence-corrected chi connectivity index (χ4v) is 5.38. The molecule has 26 heavy (non-hydrogen) atoms. The van der Waals surface area contributed by atoms with Crippen molar-refractivity contribution in [3.05, 3.63) is 70.8 Å². The van der Waals surface area contributed by atoms with Gasteiger partial charge in [-0.3, -0.25) is 9.59 Å². The van der Waals surface area contributed by atoms with Gasteiger partial charge in [-0.05, 0) is 38.0 Å². The van der Waals surface area contributed by atoms with Gasteiger partial charge in [-0.2, -0.15) is 0 Å². The molecule has 2 aromatic rings. The van der Waals surface area contributed by atoms with E-state index in [0.717, 1.165) is 16.7 Å². The van der Waals surface area contributed by atoms with E-state index in [2.05, 4.69) is 5.32 Å². The van der Waals surface area contributed by atoms with Crippen molar-refractivity contribution in [1.29, 1.82) is 0 Å². The average molecular weight is 366 g/mol. The number of carbonyl (C=O) groups excluding carboxylic acids is 2. The predicted octanol–water partition coefficient (Wildman–Crippen LogP) is 3.66. The van der Waals surface area contributed by atoms with Crippen LogP contribution in [0.15, 0.2) is 48.5 Å². The smallest absolute Gasteiger partial charge is 0.256 e. The number of amides is 2. The van der Waals surface area contributed by atoms with Crippen molar-refractivity contribution in [3.8, 4) is 0 Å². The molecule has 1 saturated heterocycles. The van der Waals surface area contributed by atoms with Crippen molar-refractivity contribution in [3.63, 3.8) is 0 Å². The standard InChI is InChI=1S/C21H22N2O2S/c1-13-8-10-14(11-9-13)12-22-18(24)17-21(2,3)26-20-16-7-5-4-6-15(16)19(25)23(17)20/h4-11,17,20H,12H2,1-3H3,(H,22,24)/t17-,20+/m1/s1. The molecule has 2 atom stereocenters. The van der Waals surface area contributed by atoms with E-state index in [1.807, 2.05) is 69.3 Å². The van der Waals surface area contributed by atoms with Gasteiger partial charge in [0.05, 0.1) is 0 Å². The number of hydrogen-bond acceptors (Lipinski definition) is 3. The average Bonchev–Trinajstić information content (AvgIpc) is 3.04. The van der Waals surface area contributed by atoms with Crippen molar-refractivity contribution in [1.82, 2.24) is 10.2 Å². The molecule has 0 aromatic heterocycles. The lowest BCUT2D eigenvalue weighted by atomic mass is 10.0. The molecule has 2 heterocycles.